The molecule has 2 nitrogen and oxygen atoms in total. The zero-order chi connectivity index (χ0) is 7.56. The molecule has 0 unspecified atom stereocenters. The number of hydrogen-bond donors (Lipinski definition) is 1. The summed E-state index contributed by atoms with van der Waals surface area (Å²) < 4.78 is 0. The summed E-state index contributed by atoms with van der Waals surface area (Å²) in [6.07, 6.45) is 0. The summed E-state index contributed by atoms with van der Waals surface area (Å²) in [7, 11) is 0. The molecule has 0 atom stereocenters. The third-order valence-corrected chi connectivity index (χ3v) is 1.47. The smallest absolute Gasteiger partial charge is 0.0854 e. The highest BCUT2D eigenvalue weighted by molar-refractivity contribution is 5.68. The van der Waals surface area contributed by atoms with E-state index in [4.69, 9.17) is 5.73 Å². The van der Waals surface area contributed by atoms with Crippen molar-refractivity contribution >= 4 is 18.1 Å². The number of rotatable bonds is 1. The molecule has 0 aliphatic carbocycles. The van der Waals surface area contributed by atoms with Crippen LogP contribution in [0.4, 0.5) is 11.4 Å². The molecular weight excluding hydrogens is 124 g/mol. The van der Waals surface area contributed by atoms with Gasteiger partial charge in [0.1, 0.15) is 0 Å². The van der Waals surface area contributed by atoms with Crippen LogP contribution in [-0.4, -0.2) is 6.72 Å². The van der Waals surface area contributed by atoms with Gasteiger partial charge in [-0.3, -0.25) is 4.99 Å². The molecule has 52 valence electrons. The summed E-state index contributed by atoms with van der Waals surface area (Å²) in [5.41, 5.74) is 8.19. The van der Waals surface area contributed by atoms with Crippen molar-refractivity contribution in [3.63, 3.8) is 0 Å². The van der Waals surface area contributed by atoms with E-state index in [-0.39, 0.29) is 0 Å². The van der Waals surface area contributed by atoms with Gasteiger partial charge < -0.3 is 5.73 Å². The van der Waals surface area contributed by atoms with E-state index in [2.05, 4.69) is 11.7 Å². The molecule has 0 aromatic heterocycles. The Morgan fingerprint density at radius 2 is 2.20 bits per heavy atom. The summed E-state index contributed by atoms with van der Waals surface area (Å²) in [4.78, 5) is 3.76. The number of hydrogen-bond acceptors (Lipinski definition) is 2. The lowest BCUT2D eigenvalue weighted by Gasteiger charge is -2.00. The Bertz CT molecular complexity index is 253. The number of aryl methyl sites for hydroxylation is 1. The lowest BCUT2D eigenvalue weighted by Crippen LogP contribution is -1.88. The molecular formula is C8H10N2. The number of nitrogens with two attached hydrogens (primary N) is 1. The van der Waals surface area contributed by atoms with Gasteiger partial charge in [-0.15, -0.1) is 0 Å². The molecule has 0 spiro atoms. The summed E-state index contributed by atoms with van der Waals surface area (Å²) >= 11 is 0. The minimum absolute atomic E-state index is 0.720. The minimum Gasteiger partial charge on any atom is -0.397 e. The van der Waals surface area contributed by atoms with Crippen LogP contribution in [0.5, 0.6) is 0 Å². The second-order valence-corrected chi connectivity index (χ2v) is 2.17. The molecule has 1 rings (SSSR count). The van der Waals surface area contributed by atoms with Gasteiger partial charge in [-0.05, 0) is 25.3 Å². The highest BCUT2D eigenvalue weighted by atomic mass is 14.7. The van der Waals surface area contributed by atoms with Crippen LogP contribution in [0.3, 0.4) is 0 Å². The van der Waals surface area contributed by atoms with Crippen molar-refractivity contribution in [1.82, 2.24) is 0 Å². The first kappa shape index (κ1) is 6.81. The Labute approximate surface area is 60.4 Å². The fourth-order valence-corrected chi connectivity index (χ4v) is 0.803. The van der Waals surface area contributed by atoms with Crippen LogP contribution in [0.1, 0.15) is 5.56 Å². The minimum atomic E-state index is 0.720. The van der Waals surface area contributed by atoms with Gasteiger partial charge in [0.2, 0.25) is 0 Å². The zero-order valence-corrected chi connectivity index (χ0v) is 5.96. The van der Waals surface area contributed by atoms with E-state index >= 15 is 0 Å². The highest BCUT2D eigenvalue weighted by Gasteiger charge is 1.96. The second-order valence-electron chi connectivity index (χ2n) is 2.17. The van der Waals surface area contributed by atoms with Crippen LogP contribution in [0.15, 0.2) is 23.2 Å². The van der Waals surface area contributed by atoms with Crippen molar-refractivity contribution in [3.05, 3.63) is 23.8 Å². The Kier molecular flexibility index (Phi) is 1.71. The maximum Gasteiger partial charge on any atom is 0.0854 e. The van der Waals surface area contributed by atoms with E-state index in [1.54, 1.807) is 0 Å². The van der Waals surface area contributed by atoms with Gasteiger partial charge >= 0.3 is 0 Å². The topological polar surface area (TPSA) is 38.4 Å². The normalized spacial score (nSPS) is 9.30. The average Bonchev–Trinajstić information content (AvgIpc) is 1.95. The molecule has 0 amide bonds. The van der Waals surface area contributed by atoms with Crippen molar-refractivity contribution in [2.45, 2.75) is 6.92 Å². The van der Waals surface area contributed by atoms with E-state index in [1.807, 2.05) is 25.1 Å². The Hall–Kier alpha value is -1.31. The molecule has 2 N–H and O–H groups in total. The maximum absolute atomic E-state index is 5.66. The zero-order valence-electron chi connectivity index (χ0n) is 5.96. The molecule has 0 radical (unpaired) electrons. The number of nitrogens with zero attached hydrogens (tertiary/aromatic N) is 1. The number of para-hydroxylation sites is 1. The molecule has 0 bridgehead atoms. The molecule has 0 saturated heterocycles. The molecule has 0 saturated carbocycles. The van der Waals surface area contributed by atoms with Crippen LogP contribution < -0.4 is 5.73 Å². The van der Waals surface area contributed by atoms with Gasteiger partial charge in [0.05, 0.1) is 11.4 Å². The van der Waals surface area contributed by atoms with Crippen LogP contribution >= 0.6 is 0 Å². The second kappa shape index (κ2) is 2.52. The Morgan fingerprint density at radius 1 is 1.50 bits per heavy atom. The van der Waals surface area contributed by atoms with Gasteiger partial charge in [0.15, 0.2) is 0 Å². The van der Waals surface area contributed by atoms with Crippen molar-refractivity contribution in [1.29, 1.82) is 0 Å². The first-order valence-corrected chi connectivity index (χ1v) is 3.07. The fourth-order valence-electron chi connectivity index (χ4n) is 0.803. The van der Waals surface area contributed by atoms with Crippen molar-refractivity contribution in [2.75, 3.05) is 5.73 Å². The van der Waals surface area contributed by atoms with E-state index in [0.29, 0.717) is 0 Å². The monoisotopic (exact) mass is 134 g/mol. The molecule has 1 aromatic carbocycles. The number of anilines is 1. The molecule has 2 heteroatoms. The van der Waals surface area contributed by atoms with E-state index < -0.39 is 0 Å². The summed E-state index contributed by atoms with van der Waals surface area (Å²) in [6, 6.07) is 5.70. The van der Waals surface area contributed by atoms with Gasteiger partial charge in [0.25, 0.3) is 0 Å². The van der Waals surface area contributed by atoms with Crippen molar-refractivity contribution < 1.29 is 0 Å². The van der Waals surface area contributed by atoms with E-state index in [0.717, 1.165) is 16.9 Å². The van der Waals surface area contributed by atoms with Gasteiger partial charge in [0, 0.05) is 0 Å². The summed E-state index contributed by atoms with van der Waals surface area (Å²) in [5, 5.41) is 0. The van der Waals surface area contributed by atoms with Gasteiger partial charge in [-0.1, -0.05) is 12.1 Å². The maximum atomic E-state index is 5.66. The van der Waals surface area contributed by atoms with Gasteiger partial charge in [-0.2, -0.15) is 0 Å². The third kappa shape index (κ3) is 1.00. The Morgan fingerprint density at radius 3 is 2.70 bits per heavy atom. The van der Waals surface area contributed by atoms with Crippen molar-refractivity contribution in [2.24, 2.45) is 4.99 Å². The standard InChI is InChI=1S/C8H10N2/c1-6-4-3-5-7(10-2)8(6)9/h3-5H,2,9H2,1H3. The fraction of sp³-hybridized carbons (Fsp3) is 0.125. The van der Waals surface area contributed by atoms with Crippen LogP contribution in [0, 0.1) is 6.92 Å². The first-order chi connectivity index (χ1) is 4.75. The van der Waals surface area contributed by atoms with Crippen LogP contribution in [0.2, 0.25) is 0 Å². The summed E-state index contributed by atoms with van der Waals surface area (Å²) in [6.45, 7) is 5.35. The van der Waals surface area contributed by atoms with Crippen molar-refractivity contribution in [3.8, 4) is 0 Å². The largest absolute Gasteiger partial charge is 0.397 e. The molecule has 0 heterocycles. The number of benzene rings is 1. The Balaban J connectivity index is 3.27. The first-order valence-electron chi connectivity index (χ1n) is 3.07. The molecule has 10 heavy (non-hydrogen) atoms. The SMILES string of the molecule is C=Nc1cccc(C)c1N. The lowest BCUT2D eigenvalue weighted by atomic mass is 10.2. The quantitative estimate of drug-likeness (QED) is 0.462. The van der Waals surface area contributed by atoms with Gasteiger partial charge in [-0.25, -0.2) is 0 Å². The molecule has 1 aromatic rings. The van der Waals surface area contributed by atoms with E-state index in [1.165, 1.54) is 0 Å². The van der Waals surface area contributed by atoms with E-state index in [9.17, 15) is 0 Å². The van der Waals surface area contributed by atoms with Crippen LogP contribution in [0.25, 0.3) is 0 Å². The predicted molar refractivity (Wildman–Crippen MR) is 44.8 cm³/mol. The molecule has 0 aliphatic rings. The average molecular weight is 134 g/mol. The lowest BCUT2D eigenvalue weighted by molar-refractivity contribution is 1.44. The third-order valence-electron chi connectivity index (χ3n) is 1.47. The van der Waals surface area contributed by atoms with Crippen LogP contribution in [-0.2, 0) is 0 Å². The summed E-state index contributed by atoms with van der Waals surface area (Å²) in [5.74, 6) is 0. The number of nitrogen functional groups attached to an aromatic ring is 1. The number of aliphatic imine (C=N–C) groups is 1. The molecule has 0 fully saturated rings. The molecule has 0 aliphatic heterocycles. The highest BCUT2D eigenvalue weighted by Crippen LogP contribution is 2.23. The predicted octanol–water partition coefficient (Wildman–Crippen LogP) is 1.91.